The third-order valence-corrected chi connectivity index (χ3v) is 2.69. The minimum atomic E-state index is -1.24. The molecule has 0 aliphatic rings. The van der Waals surface area contributed by atoms with Crippen molar-refractivity contribution in [2.24, 2.45) is 0 Å². The van der Waals surface area contributed by atoms with Crippen molar-refractivity contribution >= 4 is 11.4 Å². The molecule has 0 amide bonds. The van der Waals surface area contributed by atoms with Gasteiger partial charge in [-0.1, -0.05) is 0 Å². The fraction of sp³-hybridized carbons (Fsp3) is 0.250. The molecule has 0 aliphatic heterocycles. The molecule has 1 N–H and O–H groups in total. The highest BCUT2D eigenvalue weighted by Gasteiger charge is 2.20. The van der Waals surface area contributed by atoms with Crippen LogP contribution in [0.2, 0.25) is 0 Å². The van der Waals surface area contributed by atoms with Gasteiger partial charge < -0.3 is 5.32 Å². The molecule has 6 nitrogen and oxygen atoms in total. The average molecular weight is 282 g/mol. The number of nitro benzene ring substituents is 1. The fourth-order valence-electron chi connectivity index (χ4n) is 1.75. The van der Waals surface area contributed by atoms with Crippen LogP contribution in [0.15, 0.2) is 30.6 Å². The molecule has 0 atom stereocenters. The van der Waals surface area contributed by atoms with Crippen molar-refractivity contribution in [2.75, 3.05) is 11.9 Å². The summed E-state index contributed by atoms with van der Waals surface area (Å²) in [6.45, 7) is 0.839. The van der Waals surface area contributed by atoms with Gasteiger partial charge in [0.2, 0.25) is 0 Å². The van der Waals surface area contributed by atoms with E-state index in [1.54, 1.807) is 23.1 Å². The maximum absolute atomic E-state index is 13.6. The maximum atomic E-state index is 13.6. The average Bonchev–Trinajstić information content (AvgIpc) is 2.92. The predicted molar refractivity (Wildman–Crippen MR) is 68.3 cm³/mol. The van der Waals surface area contributed by atoms with Crippen LogP contribution in [0, 0.1) is 21.7 Å². The third kappa shape index (κ3) is 3.08. The predicted octanol–water partition coefficient (Wildman–Crippen LogP) is 2.57. The van der Waals surface area contributed by atoms with Crippen LogP contribution < -0.4 is 5.32 Å². The highest BCUT2D eigenvalue weighted by Crippen LogP contribution is 2.28. The first kappa shape index (κ1) is 13.9. The lowest BCUT2D eigenvalue weighted by Crippen LogP contribution is -2.10. The molecule has 0 unspecified atom stereocenters. The first-order valence-corrected chi connectivity index (χ1v) is 5.93. The lowest BCUT2D eigenvalue weighted by molar-refractivity contribution is -0.384. The summed E-state index contributed by atoms with van der Waals surface area (Å²) in [6, 6.07) is 3.45. The SMILES string of the molecule is O=[N+]([O-])c1ccc(F)c(F)c1NCCCn1cccn1. The Kier molecular flexibility index (Phi) is 4.24. The van der Waals surface area contributed by atoms with Crippen LogP contribution in [0.5, 0.6) is 0 Å². The van der Waals surface area contributed by atoms with Gasteiger partial charge in [-0.15, -0.1) is 0 Å². The number of hydrogen-bond donors (Lipinski definition) is 1. The van der Waals surface area contributed by atoms with Crippen molar-refractivity contribution in [1.29, 1.82) is 0 Å². The fourth-order valence-corrected chi connectivity index (χ4v) is 1.75. The van der Waals surface area contributed by atoms with Gasteiger partial charge in [0.15, 0.2) is 17.3 Å². The van der Waals surface area contributed by atoms with Crippen molar-refractivity contribution in [1.82, 2.24) is 9.78 Å². The minimum Gasteiger partial charge on any atom is -0.377 e. The van der Waals surface area contributed by atoms with E-state index in [1.807, 2.05) is 0 Å². The monoisotopic (exact) mass is 282 g/mol. The molecule has 0 spiro atoms. The summed E-state index contributed by atoms with van der Waals surface area (Å²) in [4.78, 5) is 10.0. The van der Waals surface area contributed by atoms with Crippen LogP contribution in [0.4, 0.5) is 20.2 Å². The van der Waals surface area contributed by atoms with Gasteiger partial charge in [0.25, 0.3) is 5.69 Å². The molecule has 20 heavy (non-hydrogen) atoms. The van der Waals surface area contributed by atoms with E-state index in [4.69, 9.17) is 0 Å². The molecule has 1 heterocycles. The van der Waals surface area contributed by atoms with Gasteiger partial charge in [-0.2, -0.15) is 5.10 Å². The van der Waals surface area contributed by atoms with Crippen molar-refractivity contribution in [3.63, 3.8) is 0 Å². The molecule has 2 rings (SSSR count). The molecule has 1 aromatic heterocycles. The molecule has 1 aromatic carbocycles. The Morgan fingerprint density at radius 3 is 2.85 bits per heavy atom. The number of anilines is 1. The van der Waals surface area contributed by atoms with E-state index >= 15 is 0 Å². The zero-order valence-corrected chi connectivity index (χ0v) is 10.4. The molecule has 0 bridgehead atoms. The summed E-state index contributed by atoms with van der Waals surface area (Å²) in [5, 5.41) is 17.3. The highest BCUT2D eigenvalue weighted by atomic mass is 19.2. The Morgan fingerprint density at radius 2 is 2.20 bits per heavy atom. The second-order valence-corrected chi connectivity index (χ2v) is 4.06. The summed E-state index contributed by atoms with van der Waals surface area (Å²) >= 11 is 0. The Hall–Kier alpha value is -2.51. The van der Waals surface area contributed by atoms with Crippen LogP contribution in [-0.2, 0) is 6.54 Å². The number of benzene rings is 1. The summed E-state index contributed by atoms with van der Waals surface area (Å²) < 4.78 is 28.3. The van der Waals surface area contributed by atoms with Gasteiger partial charge in [-0.3, -0.25) is 14.8 Å². The van der Waals surface area contributed by atoms with E-state index in [0.29, 0.717) is 13.0 Å². The molecule has 106 valence electrons. The van der Waals surface area contributed by atoms with Crippen molar-refractivity contribution in [2.45, 2.75) is 13.0 Å². The number of aryl methyl sites for hydroxylation is 1. The third-order valence-electron chi connectivity index (χ3n) is 2.69. The number of rotatable bonds is 6. The molecule has 8 heteroatoms. The van der Waals surface area contributed by atoms with E-state index in [2.05, 4.69) is 10.4 Å². The lowest BCUT2D eigenvalue weighted by Gasteiger charge is -2.08. The van der Waals surface area contributed by atoms with Crippen LogP contribution in [0.3, 0.4) is 0 Å². The van der Waals surface area contributed by atoms with E-state index in [0.717, 1.165) is 12.1 Å². The second-order valence-electron chi connectivity index (χ2n) is 4.06. The quantitative estimate of drug-likeness (QED) is 0.502. The summed E-state index contributed by atoms with van der Waals surface area (Å²) in [6.07, 6.45) is 3.96. The van der Waals surface area contributed by atoms with Crippen LogP contribution in [0.25, 0.3) is 0 Å². The molecule has 0 radical (unpaired) electrons. The van der Waals surface area contributed by atoms with Gasteiger partial charge >= 0.3 is 0 Å². The van der Waals surface area contributed by atoms with Crippen LogP contribution in [-0.4, -0.2) is 21.2 Å². The molecular formula is C12H12F2N4O2. The van der Waals surface area contributed by atoms with E-state index in [9.17, 15) is 18.9 Å². The number of halogens is 2. The Labute approximate surface area is 113 Å². The Balaban J connectivity index is 2.01. The van der Waals surface area contributed by atoms with E-state index < -0.39 is 27.9 Å². The van der Waals surface area contributed by atoms with Crippen molar-refractivity contribution in [3.8, 4) is 0 Å². The Bertz CT molecular complexity index is 602. The molecule has 0 saturated heterocycles. The van der Waals surface area contributed by atoms with Gasteiger partial charge in [-0.25, -0.2) is 8.78 Å². The standard InChI is InChI=1S/C12H12F2N4O2/c13-9-3-4-10(18(19)20)12(11(9)14)15-5-1-7-17-8-2-6-16-17/h2-4,6,8,15H,1,5,7H2. The smallest absolute Gasteiger partial charge is 0.295 e. The van der Waals surface area contributed by atoms with Gasteiger partial charge in [0.1, 0.15) is 0 Å². The number of nitrogens with one attached hydrogen (secondary N) is 1. The molecule has 0 aliphatic carbocycles. The zero-order valence-electron chi connectivity index (χ0n) is 10.4. The maximum Gasteiger partial charge on any atom is 0.295 e. The number of nitro groups is 1. The first-order valence-electron chi connectivity index (χ1n) is 5.93. The summed E-state index contributed by atoms with van der Waals surface area (Å²) in [5.41, 5.74) is -0.904. The molecule has 2 aromatic rings. The van der Waals surface area contributed by atoms with Gasteiger partial charge in [-0.05, 0) is 18.6 Å². The number of hydrogen-bond acceptors (Lipinski definition) is 4. The van der Waals surface area contributed by atoms with Crippen molar-refractivity contribution < 1.29 is 13.7 Å². The highest BCUT2D eigenvalue weighted by molar-refractivity contribution is 5.62. The normalized spacial score (nSPS) is 10.5. The summed E-state index contributed by atoms with van der Waals surface area (Å²) in [5.74, 6) is -2.36. The zero-order chi connectivity index (χ0) is 14.5. The minimum absolute atomic E-state index is 0.265. The second kappa shape index (κ2) is 6.09. The lowest BCUT2D eigenvalue weighted by atomic mass is 10.2. The molecule has 0 saturated carbocycles. The number of aromatic nitrogens is 2. The Morgan fingerprint density at radius 1 is 1.40 bits per heavy atom. The van der Waals surface area contributed by atoms with Crippen LogP contribution in [0.1, 0.15) is 6.42 Å². The van der Waals surface area contributed by atoms with E-state index in [-0.39, 0.29) is 6.54 Å². The topological polar surface area (TPSA) is 73.0 Å². The largest absolute Gasteiger partial charge is 0.377 e. The first-order chi connectivity index (χ1) is 9.59. The van der Waals surface area contributed by atoms with Crippen molar-refractivity contribution in [3.05, 3.63) is 52.3 Å². The molecular weight excluding hydrogens is 270 g/mol. The van der Waals surface area contributed by atoms with Crippen LogP contribution >= 0.6 is 0 Å². The molecule has 0 fully saturated rings. The summed E-state index contributed by atoms with van der Waals surface area (Å²) in [7, 11) is 0. The van der Waals surface area contributed by atoms with E-state index in [1.165, 1.54) is 0 Å². The van der Waals surface area contributed by atoms with Gasteiger partial charge in [0, 0.05) is 31.5 Å². The number of nitrogens with zero attached hydrogens (tertiary/aromatic N) is 3. The van der Waals surface area contributed by atoms with Gasteiger partial charge in [0.05, 0.1) is 4.92 Å².